The van der Waals surface area contributed by atoms with Crippen molar-refractivity contribution in [2.24, 2.45) is 4.99 Å². The Morgan fingerprint density at radius 3 is 2.45 bits per heavy atom. The van der Waals surface area contributed by atoms with Gasteiger partial charge in [0.15, 0.2) is 0 Å². The van der Waals surface area contributed by atoms with E-state index in [1.165, 1.54) is 5.69 Å². The number of nitrogens with zero attached hydrogens (tertiary/aromatic N) is 3. The molecule has 1 aliphatic heterocycles. The Hall–Kier alpha value is -2.47. The molecule has 29 heavy (non-hydrogen) atoms. The summed E-state index contributed by atoms with van der Waals surface area (Å²) < 4.78 is 5.70. The van der Waals surface area contributed by atoms with Crippen molar-refractivity contribution in [3.63, 3.8) is 0 Å². The Labute approximate surface area is 176 Å². The number of hydrogen-bond donors (Lipinski definition) is 2. The minimum Gasteiger partial charge on any atom is -0.494 e. The number of piperazine rings is 1. The summed E-state index contributed by atoms with van der Waals surface area (Å²) in [5.74, 6) is 1.79. The van der Waals surface area contributed by atoms with Crippen LogP contribution in [0.15, 0.2) is 46.4 Å². The highest BCUT2D eigenvalue weighted by atomic mass is 16.5. The lowest BCUT2D eigenvalue weighted by Gasteiger charge is -2.34. The largest absolute Gasteiger partial charge is 0.494 e. The normalized spacial score (nSPS) is 17.1. The van der Waals surface area contributed by atoms with Crippen molar-refractivity contribution >= 4 is 17.1 Å². The standard InChI is InChI=1S/C23H37N5O/c1-8-9-23(25-19(4)17(2)18(3)24-5)26-21-11-10-20(16-22(21)29-7)28-14-12-27(6)13-15-28/h9-11,16,25-26H,8,12-15H2,1-7H3/b19-17?,23-9-,24-18?. The lowest BCUT2D eigenvalue weighted by molar-refractivity contribution is 0.312. The maximum Gasteiger partial charge on any atom is 0.144 e. The summed E-state index contributed by atoms with van der Waals surface area (Å²) in [4.78, 5) is 9.06. The number of aliphatic imine (C=N–C) groups is 1. The average molecular weight is 400 g/mol. The van der Waals surface area contributed by atoms with Crippen LogP contribution in [0.4, 0.5) is 11.4 Å². The number of anilines is 2. The third-order valence-corrected chi connectivity index (χ3v) is 5.49. The molecular weight excluding hydrogens is 362 g/mol. The lowest BCUT2D eigenvalue weighted by Crippen LogP contribution is -2.44. The van der Waals surface area contributed by atoms with Crippen molar-refractivity contribution in [3.05, 3.63) is 41.4 Å². The van der Waals surface area contributed by atoms with Crippen molar-refractivity contribution in [1.29, 1.82) is 0 Å². The molecule has 160 valence electrons. The smallest absolute Gasteiger partial charge is 0.144 e. The van der Waals surface area contributed by atoms with Crippen LogP contribution in [0.2, 0.25) is 0 Å². The second-order valence-electron chi connectivity index (χ2n) is 7.51. The molecule has 0 saturated carbocycles. The molecule has 0 radical (unpaired) electrons. The molecule has 0 bridgehead atoms. The molecule has 1 aliphatic rings. The van der Waals surface area contributed by atoms with Crippen LogP contribution in [0.1, 0.15) is 34.1 Å². The van der Waals surface area contributed by atoms with Gasteiger partial charge in [0, 0.05) is 56.4 Å². The van der Waals surface area contributed by atoms with E-state index in [1.54, 1.807) is 7.11 Å². The zero-order chi connectivity index (χ0) is 21.4. The van der Waals surface area contributed by atoms with E-state index in [0.717, 1.165) is 66.8 Å². The topological polar surface area (TPSA) is 52.1 Å². The van der Waals surface area contributed by atoms with E-state index in [-0.39, 0.29) is 0 Å². The SMILES string of the molecule is CC/C=C(/NC(C)=C(C)C(C)=NC)Nc1ccc(N2CCN(C)CC2)cc1OC. The number of ether oxygens (including phenoxy) is 1. The number of nitrogens with one attached hydrogen (secondary N) is 2. The predicted octanol–water partition coefficient (Wildman–Crippen LogP) is 4.08. The lowest BCUT2D eigenvalue weighted by atomic mass is 10.1. The zero-order valence-electron chi connectivity index (χ0n) is 19.1. The van der Waals surface area contributed by atoms with Gasteiger partial charge < -0.3 is 25.2 Å². The number of hydrogen-bond acceptors (Lipinski definition) is 6. The van der Waals surface area contributed by atoms with Crippen LogP contribution in [0, 0.1) is 0 Å². The third kappa shape index (κ3) is 6.26. The molecule has 1 fully saturated rings. The van der Waals surface area contributed by atoms with E-state index in [9.17, 15) is 0 Å². The van der Waals surface area contributed by atoms with Gasteiger partial charge in [-0.05, 0) is 58.0 Å². The first kappa shape index (κ1) is 22.8. The fourth-order valence-corrected chi connectivity index (χ4v) is 3.26. The van der Waals surface area contributed by atoms with E-state index >= 15 is 0 Å². The van der Waals surface area contributed by atoms with Gasteiger partial charge in [-0.3, -0.25) is 4.99 Å². The number of allylic oxidation sites excluding steroid dienone is 3. The fourth-order valence-electron chi connectivity index (χ4n) is 3.26. The minimum absolute atomic E-state index is 0.842. The van der Waals surface area contributed by atoms with Gasteiger partial charge in [0.2, 0.25) is 0 Å². The van der Waals surface area contributed by atoms with E-state index in [0.29, 0.717) is 0 Å². The molecule has 0 aliphatic carbocycles. The summed E-state index contributed by atoms with van der Waals surface area (Å²) in [5, 5.41) is 7.00. The Balaban J connectivity index is 2.20. The average Bonchev–Trinajstić information content (AvgIpc) is 2.73. The van der Waals surface area contributed by atoms with Gasteiger partial charge in [-0.15, -0.1) is 0 Å². The van der Waals surface area contributed by atoms with Gasteiger partial charge in [0.25, 0.3) is 0 Å². The zero-order valence-corrected chi connectivity index (χ0v) is 19.1. The maximum atomic E-state index is 5.70. The van der Waals surface area contributed by atoms with Crippen LogP contribution in [-0.2, 0) is 0 Å². The second-order valence-corrected chi connectivity index (χ2v) is 7.51. The molecule has 1 aromatic carbocycles. The summed E-state index contributed by atoms with van der Waals surface area (Å²) in [7, 11) is 5.72. The van der Waals surface area contributed by atoms with Crippen molar-refractivity contribution in [2.45, 2.75) is 34.1 Å². The van der Waals surface area contributed by atoms with Gasteiger partial charge in [0.1, 0.15) is 11.6 Å². The van der Waals surface area contributed by atoms with Gasteiger partial charge in [-0.1, -0.05) is 6.92 Å². The summed E-state index contributed by atoms with van der Waals surface area (Å²) in [6.45, 7) is 12.6. The molecule has 0 unspecified atom stereocenters. The Morgan fingerprint density at radius 2 is 1.86 bits per heavy atom. The molecule has 6 heteroatoms. The molecule has 0 atom stereocenters. The number of benzene rings is 1. The van der Waals surface area contributed by atoms with Crippen LogP contribution < -0.4 is 20.3 Å². The summed E-state index contributed by atoms with van der Waals surface area (Å²) >= 11 is 0. The van der Waals surface area contributed by atoms with Crippen LogP contribution in [0.5, 0.6) is 5.75 Å². The Kier molecular flexibility index (Phi) is 8.58. The Morgan fingerprint density at radius 1 is 1.17 bits per heavy atom. The van der Waals surface area contributed by atoms with Crippen LogP contribution >= 0.6 is 0 Å². The first-order valence-electron chi connectivity index (χ1n) is 10.4. The summed E-state index contributed by atoms with van der Waals surface area (Å²) in [6.07, 6.45) is 3.06. The number of methoxy groups -OCH3 is 1. The van der Waals surface area contributed by atoms with Gasteiger partial charge in [0.05, 0.1) is 12.8 Å². The number of likely N-dealkylation sites (N-methyl/N-ethyl adjacent to an activating group) is 1. The first-order chi connectivity index (χ1) is 13.9. The van der Waals surface area contributed by atoms with Crippen LogP contribution in [-0.4, -0.2) is 58.0 Å². The molecule has 0 spiro atoms. The highest BCUT2D eigenvalue weighted by molar-refractivity contribution is 5.98. The van der Waals surface area contributed by atoms with E-state index in [1.807, 2.05) is 14.0 Å². The highest BCUT2D eigenvalue weighted by Gasteiger charge is 2.16. The van der Waals surface area contributed by atoms with Gasteiger partial charge >= 0.3 is 0 Å². The minimum atomic E-state index is 0.842. The van der Waals surface area contributed by atoms with E-state index in [2.05, 4.69) is 77.5 Å². The highest BCUT2D eigenvalue weighted by Crippen LogP contribution is 2.31. The monoisotopic (exact) mass is 399 g/mol. The van der Waals surface area contributed by atoms with Crippen molar-refractivity contribution in [3.8, 4) is 5.75 Å². The summed E-state index contributed by atoms with van der Waals surface area (Å²) in [6, 6.07) is 6.39. The molecule has 1 saturated heterocycles. The molecule has 2 rings (SSSR count). The molecule has 0 aromatic heterocycles. The molecular formula is C23H37N5O. The quantitative estimate of drug-likeness (QED) is 0.645. The van der Waals surface area contributed by atoms with Gasteiger partial charge in [-0.25, -0.2) is 0 Å². The molecule has 1 aromatic rings. The molecule has 0 amide bonds. The molecule has 6 nitrogen and oxygen atoms in total. The van der Waals surface area contributed by atoms with Gasteiger partial charge in [-0.2, -0.15) is 0 Å². The third-order valence-electron chi connectivity index (χ3n) is 5.49. The fraction of sp³-hybridized carbons (Fsp3) is 0.522. The van der Waals surface area contributed by atoms with E-state index in [4.69, 9.17) is 4.74 Å². The predicted molar refractivity (Wildman–Crippen MR) is 125 cm³/mol. The van der Waals surface area contributed by atoms with Crippen molar-refractivity contribution in [1.82, 2.24) is 10.2 Å². The first-order valence-corrected chi connectivity index (χ1v) is 10.4. The van der Waals surface area contributed by atoms with Crippen LogP contribution in [0.25, 0.3) is 0 Å². The molecule has 2 N–H and O–H groups in total. The maximum absolute atomic E-state index is 5.70. The summed E-state index contributed by atoms with van der Waals surface area (Å²) in [5.41, 5.74) is 5.40. The van der Waals surface area contributed by atoms with E-state index < -0.39 is 0 Å². The molecule has 1 heterocycles. The van der Waals surface area contributed by atoms with Crippen LogP contribution in [0.3, 0.4) is 0 Å². The number of rotatable bonds is 8. The van der Waals surface area contributed by atoms with Crippen molar-refractivity contribution in [2.75, 3.05) is 57.6 Å². The van der Waals surface area contributed by atoms with Crippen molar-refractivity contribution < 1.29 is 4.74 Å². The Bertz CT molecular complexity index is 773. The second kappa shape index (κ2) is 10.9.